The van der Waals surface area contributed by atoms with E-state index in [1.807, 2.05) is 16.7 Å². The highest BCUT2D eigenvalue weighted by atomic mass is 127. The number of aromatic nitrogens is 2. The van der Waals surface area contributed by atoms with Crippen LogP contribution in [0.2, 0.25) is 5.02 Å². The Morgan fingerprint density at radius 1 is 1.23 bits per heavy atom. The maximum absolute atomic E-state index is 6.50. The van der Waals surface area contributed by atoms with Crippen LogP contribution in [0.25, 0.3) is 10.9 Å². The first kappa shape index (κ1) is 15.4. The number of halogens is 2. The van der Waals surface area contributed by atoms with Crippen molar-refractivity contribution in [3.8, 4) is 0 Å². The summed E-state index contributed by atoms with van der Waals surface area (Å²) in [5.74, 6) is -0.349. The fourth-order valence-electron chi connectivity index (χ4n) is 3.22. The number of fused-ring (bicyclic) bond motifs is 1. The largest absolute Gasteiger partial charge is 0.370 e. The molecule has 2 fully saturated rings. The van der Waals surface area contributed by atoms with Crippen LogP contribution in [0.5, 0.6) is 0 Å². The number of benzene rings is 1. The van der Waals surface area contributed by atoms with Gasteiger partial charge in [0, 0.05) is 31.3 Å². The smallest absolute Gasteiger partial charge is 0.171 e. The Morgan fingerprint density at radius 2 is 1.95 bits per heavy atom. The Bertz CT molecular complexity index is 695. The lowest BCUT2D eigenvalue weighted by Crippen LogP contribution is -2.45. The van der Waals surface area contributed by atoms with Gasteiger partial charge in [0.15, 0.2) is 5.79 Å². The molecule has 1 aromatic heterocycles. The summed E-state index contributed by atoms with van der Waals surface area (Å²) in [6.07, 6.45) is 4.23. The van der Waals surface area contributed by atoms with Gasteiger partial charge in [0.05, 0.1) is 42.0 Å². The molecule has 118 valence electrons. The van der Waals surface area contributed by atoms with E-state index in [1.54, 1.807) is 0 Å². The van der Waals surface area contributed by atoms with Gasteiger partial charge < -0.3 is 14.4 Å². The Labute approximate surface area is 148 Å². The zero-order chi connectivity index (χ0) is 15.2. The molecule has 1 atom stereocenters. The summed E-state index contributed by atoms with van der Waals surface area (Å²) >= 11 is 8.84. The van der Waals surface area contributed by atoms with Crippen LogP contribution in [0.3, 0.4) is 0 Å². The Morgan fingerprint density at radius 3 is 2.64 bits per heavy atom. The molecule has 22 heavy (non-hydrogen) atoms. The minimum atomic E-state index is -0.349. The third-order valence-corrected chi connectivity index (χ3v) is 6.59. The number of rotatable bonds is 2. The number of hydrogen-bond acceptors (Lipinski definition) is 4. The van der Waals surface area contributed by atoms with Crippen molar-refractivity contribution in [1.29, 1.82) is 0 Å². The van der Waals surface area contributed by atoms with E-state index in [4.69, 9.17) is 21.1 Å². The van der Waals surface area contributed by atoms with E-state index in [-0.39, 0.29) is 5.79 Å². The molecule has 2 aromatic rings. The van der Waals surface area contributed by atoms with Gasteiger partial charge in [-0.3, -0.25) is 0 Å². The van der Waals surface area contributed by atoms with Crippen LogP contribution in [0, 0.1) is 0 Å². The zero-order valence-corrected chi connectivity index (χ0v) is 15.8. The van der Waals surface area contributed by atoms with Crippen LogP contribution in [0.15, 0.2) is 18.3 Å². The van der Waals surface area contributed by atoms with Crippen molar-refractivity contribution in [2.75, 3.05) is 31.2 Å². The van der Waals surface area contributed by atoms with E-state index in [9.17, 15) is 0 Å². The lowest BCUT2D eigenvalue weighted by Gasteiger charge is -2.39. The SMILES string of the molecule is Clc1cc2cnn(PI)c2cc1N1CCC2(CC1)OCCO2. The first-order valence-electron chi connectivity index (χ1n) is 7.28. The van der Waals surface area contributed by atoms with Crippen molar-refractivity contribution < 1.29 is 9.47 Å². The normalized spacial score (nSPS) is 21.6. The quantitative estimate of drug-likeness (QED) is 0.514. The minimum absolute atomic E-state index is 0.349. The fraction of sp³-hybridized carbons (Fsp3) is 0.500. The first-order valence-corrected chi connectivity index (χ1v) is 11.7. The molecule has 0 bridgehead atoms. The number of anilines is 1. The van der Waals surface area contributed by atoms with Gasteiger partial charge in [-0.2, -0.15) is 5.10 Å². The summed E-state index contributed by atoms with van der Waals surface area (Å²) in [6.45, 7) is 3.21. The van der Waals surface area contributed by atoms with Gasteiger partial charge in [0.1, 0.15) is 0 Å². The molecular weight excluding hydrogens is 436 g/mol. The van der Waals surface area contributed by atoms with Gasteiger partial charge in [-0.05, 0) is 34.2 Å². The van der Waals surface area contributed by atoms with E-state index in [0.29, 0.717) is 19.6 Å². The highest BCUT2D eigenvalue weighted by molar-refractivity contribution is 14.2. The molecule has 5 nitrogen and oxygen atoms in total. The number of nitrogens with zero attached hydrogens (tertiary/aromatic N) is 3. The van der Waals surface area contributed by atoms with Crippen molar-refractivity contribution in [2.24, 2.45) is 0 Å². The summed E-state index contributed by atoms with van der Waals surface area (Å²) in [7, 11) is 0. The molecule has 2 aliphatic heterocycles. The van der Waals surface area contributed by atoms with Crippen LogP contribution < -0.4 is 4.90 Å². The lowest BCUT2D eigenvalue weighted by atomic mass is 10.0. The number of piperidine rings is 1. The molecule has 4 rings (SSSR count). The molecule has 0 aliphatic carbocycles. The van der Waals surface area contributed by atoms with Crippen molar-refractivity contribution in [1.82, 2.24) is 9.55 Å². The Hall–Kier alpha value is -0.140. The van der Waals surface area contributed by atoms with Gasteiger partial charge in [-0.25, -0.2) is 4.45 Å². The summed E-state index contributed by atoms with van der Waals surface area (Å²) < 4.78 is 13.6. The lowest BCUT2D eigenvalue weighted by molar-refractivity contribution is -0.169. The summed E-state index contributed by atoms with van der Waals surface area (Å²) in [4.78, 5) is 2.33. The second-order valence-electron chi connectivity index (χ2n) is 5.60. The predicted molar refractivity (Wildman–Crippen MR) is 98.6 cm³/mol. The second-order valence-corrected chi connectivity index (χ2v) is 8.05. The molecule has 0 amide bonds. The average Bonchev–Trinajstić information content (AvgIpc) is 3.14. The summed E-state index contributed by atoms with van der Waals surface area (Å²) in [6, 6.07) is 4.17. The van der Waals surface area contributed by atoms with Crippen molar-refractivity contribution >= 4 is 56.6 Å². The standard InChI is InChI=1S/C14H16ClIN3O2P/c15-11-7-10-9-17-19(22-16)12(10)8-13(11)18-3-1-14(2-4-18)20-5-6-21-14/h7-9,22H,1-6H2. The van der Waals surface area contributed by atoms with Crippen LogP contribution in [0.4, 0.5) is 5.69 Å². The van der Waals surface area contributed by atoms with Crippen LogP contribution >= 0.6 is 40.0 Å². The van der Waals surface area contributed by atoms with Gasteiger partial charge in [-0.15, -0.1) is 0 Å². The number of hydrogen-bond donors (Lipinski definition) is 0. The molecule has 8 heteroatoms. The number of ether oxygens (including phenoxy) is 2. The van der Waals surface area contributed by atoms with Crippen molar-refractivity contribution in [3.05, 3.63) is 23.4 Å². The summed E-state index contributed by atoms with van der Waals surface area (Å²) in [5, 5.41) is 6.28. The minimum Gasteiger partial charge on any atom is -0.370 e. The fourth-order valence-corrected chi connectivity index (χ4v) is 5.05. The molecule has 1 unspecified atom stereocenters. The highest BCUT2D eigenvalue weighted by Gasteiger charge is 2.40. The van der Waals surface area contributed by atoms with E-state index in [0.717, 1.165) is 47.5 Å². The second kappa shape index (κ2) is 6.06. The monoisotopic (exact) mass is 451 g/mol. The van der Waals surface area contributed by atoms with Crippen molar-refractivity contribution in [3.63, 3.8) is 0 Å². The topological polar surface area (TPSA) is 39.5 Å². The summed E-state index contributed by atoms with van der Waals surface area (Å²) in [5.41, 5.74) is 2.22. The molecule has 1 aromatic carbocycles. The third-order valence-electron chi connectivity index (χ3n) is 4.40. The van der Waals surface area contributed by atoms with Gasteiger partial charge >= 0.3 is 0 Å². The Kier molecular flexibility index (Phi) is 4.24. The van der Waals surface area contributed by atoms with Crippen LogP contribution in [-0.4, -0.2) is 41.6 Å². The zero-order valence-electron chi connectivity index (χ0n) is 11.9. The molecular formula is C14H16ClIN3O2P. The van der Waals surface area contributed by atoms with Crippen LogP contribution in [-0.2, 0) is 9.47 Å². The molecule has 0 N–H and O–H groups in total. The maximum Gasteiger partial charge on any atom is 0.171 e. The molecule has 1 spiro atoms. The van der Waals surface area contributed by atoms with E-state index in [2.05, 4.69) is 38.1 Å². The molecule has 0 radical (unpaired) electrons. The average molecular weight is 452 g/mol. The molecule has 2 aliphatic rings. The van der Waals surface area contributed by atoms with Gasteiger partial charge in [-0.1, -0.05) is 11.6 Å². The van der Waals surface area contributed by atoms with E-state index >= 15 is 0 Å². The molecule has 2 saturated heterocycles. The van der Waals surface area contributed by atoms with Gasteiger partial charge in [0.2, 0.25) is 0 Å². The van der Waals surface area contributed by atoms with Gasteiger partial charge in [0.25, 0.3) is 0 Å². The highest BCUT2D eigenvalue weighted by Crippen LogP contribution is 2.38. The first-order chi connectivity index (χ1) is 10.7. The predicted octanol–water partition coefficient (Wildman–Crippen LogP) is 3.82. The molecule has 3 heterocycles. The van der Waals surface area contributed by atoms with E-state index in [1.165, 1.54) is 0 Å². The van der Waals surface area contributed by atoms with Crippen molar-refractivity contribution in [2.45, 2.75) is 18.6 Å². The maximum atomic E-state index is 6.50. The van der Waals surface area contributed by atoms with E-state index < -0.39 is 0 Å². The Balaban J connectivity index is 1.62. The van der Waals surface area contributed by atoms with Crippen LogP contribution in [0.1, 0.15) is 12.8 Å². The molecule has 0 saturated carbocycles. The third kappa shape index (κ3) is 2.63.